The highest BCUT2D eigenvalue weighted by molar-refractivity contribution is 5.88. The van der Waals surface area contributed by atoms with Crippen LogP contribution in [0, 0.1) is 0 Å². The molecular weight excluding hydrogens is 306 g/mol. The number of fused-ring (bicyclic) bond motifs is 1. The lowest BCUT2D eigenvalue weighted by molar-refractivity contribution is 0.183. The van der Waals surface area contributed by atoms with Gasteiger partial charge >= 0.3 is 0 Å². The number of hydrogen-bond donors (Lipinski definition) is 4. The van der Waals surface area contributed by atoms with Gasteiger partial charge in [-0.1, -0.05) is 20.8 Å². The molecule has 0 fully saturated rings. The summed E-state index contributed by atoms with van der Waals surface area (Å²) in [5.74, 6) is 1.73. The first-order valence-corrected chi connectivity index (χ1v) is 8.55. The molecule has 1 unspecified atom stereocenters. The van der Waals surface area contributed by atoms with Gasteiger partial charge in [0.1, 0.15) is 11.0 Å². The van der Waals surface area contributed by atoms with E-state index in [-0.39, 0.29) is 0 Å². The molecule has 0 aliphatic rings. The molecule has 2 rings (SSSR count). The summed E-state index contributed by atoms with van der Waals surface area (Å²) in [6, 6.07) is 0. The Hall–Kier alpha value is -2.22. The molecule has 0 aromatic carbocycles. The monoisotopic (exact) mass is 333 g/mol. The van der Waals surface area contributed by atoms with Crippen LogP contribution >= 0.6 is 0 Å². The molecule has 0 amide bonds. The van der Waals surface area contributed by atoms with Gasteiger partial charge < -0.3 is 21.1 Å². The fraction of sp³-hybridized carbons (Fsp3) is 0.625. The van der Waals surface area contributed by atoms with Crippen molar-refractivity contribution in [2.45, 2.75) is 46.1 Å². The number of nitrogens with one attached hydrogen (secondary N) is 3. The van der Waals surface area contributed by atoms with Gasteiger partial charge in [-0.15, -0.1) is 0 Å². The number of rotatable bonds is 9. The minimum Gasteiger partial charge on any atom is -0.391 e. The molecule has 8 heteroatoms. The summed E-state index contributed by atoms with van der Waals surface area (Å²) in [7, 11) is 1.81. The average Bonchev–Trinajstić information content (AvgIpc) is 2.62. The maximum Gasteiger partial charge on any atom is 0.225 e. The van der Waals surface area contributed by atoms with Crippen LogP contribution in [0.2, 0.25) is 0 Å². The summed E-state index contributed by atoms with van der Waals surface area (Å²) in [5, 5.41) is 19.1. The van der Waals surface area contributed by atoms with Crippen molar-refractivity contribution in [3.63, 3.8) is 0 Å². The molecule has 0 saturated carbocycles. The van der Waals surface area contributed by atoms with Crippen molar-refractivity contribution in [2.75, 3.05) is 36.1 Å². The predicted molar refractivity (Wildman–Crippen MR) is 97.6 cm³/mol. The Morgan fingerprint density at radius 2 is 1.67 bits per heavy atom. The van der Waals surface area contributed by atoms with Crippen molar-refractivity contribution >= 4 is 28.7 Å². The Morgan fingerprint density at radius 3 is 2.29 bits per heavy atom. The van der Waals surface area contributed by atoms with E-state index in [1.165, 1.54) is 0 Å². The van der Waals surface area contributed by atoms with E-state index in [1.807, 2.05) is 20.9 Å². The van der Waals surface area contributed by atoms with Crippen molar-refractivity contribution < 1.29 is 5.11 Å². The van der Waals surface area contributed by atoms with E-state index in [0.717, 1.165) is 30.6 Å². The highest BCUT2D eigenvalue weighted by Gasteiger charge is 2.14. The van der Waals surface area contributed by atoms with Gasteiger partial charge in [-0.2, -0.15) is 4.98 Å². The second-order valence-corrected chi connectivity index (χ2v) is 5.56. The third-order valence-electron chi connectivity index (χ3n) is 3.69. The van der Waals surface area contributed by atoms with Gasteiger partial charge in [-0.05, 0) is 19.3 Å². The average molecular weight is 333 g/mol. The van der Waals surface area contributed by atoms with Crippen molar-refractivity contribution in [1.82, 2.24) is 19.9 Å². The standard InChI is InChI=1S/C16H27N7O/c1-5-8-18-15-21-12-11(7-3)20-16(19-9-10(24)6-2)22-13(12)14(17-4)23-15/h10,24H,5-9H2,1-4H3,(H,19,20,22)(H2,17,18,21,23). The van der Waals surface area contributed by atoms with Crippen LogP contribution in [-0.4, -0.2) is 51.3 Å². The van der Waals surface area contributed by atoms with Crippen LogP contribution in [0.15, 0.2) is 0 Å². The van der Waals surface area contributed by atoms with Gasteiger partial charge in [-0.25, -0.2) is 15.0 Å². The van der Waals surface area contributed by atoms with E-state index < -0.39 is 6.10 Å². The number of aryl methyl sites for hydroxylation is 1. The lowest BCUT2D eigenvalue weighted by Crippen LogP contribution is -2.20. The summed E-state index contributed by atoms with van der Waals surface area (Å²) >= 11 is 0. The molecule has 0 aliphatic heterocycles. The van der Waals surface area contributed by atoms with Crippen LogP contribution in [0.4, 0.5) is 17.7 Å². The Labute approximate surface area is 142 Å². The Morgan fingerprint density at radius 1 is 0.958 bits per heavy atom. The van der Waals surface area contributed by atoms with E-state index >= 15 is 0 Å². The zero-order valence-corrected chi connectivity index (χ0v) is 14.8. The first kappa shape index (κ1) is 18.1. The largest absolute Gasteiger partial charge is 0.391 e. The maximum absolute atomic E-state index is 9.72. The maximum atomic E-state index is 9.72. The minimum atomic E-state index is -0.421. The smallest absolute Gasteiger partial charge is 0.225 e. The molecule has 0 saturated heterocycles. The molecule has 1 atom stereocenters. The molecule has 132 valence electrons. The summed E-state index contributed by atoms with van der Waals surface area (Å²) in [6.45, 7) is 7.29. The van der Waals surface area contributed by atoms with E-state index in [0.29, 0.717) is 36.2 Å². The van der Waals surface area contributed by atoms with Gasteiger partial charge in [0, 0.05) is 20.1 Å². The van der Waals surface area contributed by atoms with Crippen molar-refractivity contribution in [3.05, 3.63) is 5.69 Å². The summed E-state index contributed by atoms with van der Waals surface area (Å²) in [4.78, 5) is 18.1. The lowest BCUT2D eigenvalue weighted by atomic mass is 10.2. The topological polar surface area (TPSA) is 108 Å². The number of anilines is 3. The van der Waals surface area contributed by atoms with Crippen LogP contribution < -0.4 is 16.0 Å². The van der Waals surface area contributed by atoms with Crippen LogP contribution in [0.25, 0.3) is 11.0 Å². The van der Waals surface area contributed by atoms with Gasteiger partial charge in [-0.3, -0.25) is 0 Å². The fourth-order valence-corrected chi connectivity index (χ4v) is 2.24. The first-order valence-electron chi connectivity index (χ1n) is 8.55. The van der Waals surface area contributed by atoms with Gasteiger partial charge in [0.15, 0.2) is 5.82 Å². The van der Waals surface area contributed by atoms with E-state index in [9.17, 15) is 5.11 Å². The Balaban J connectivity index is 2.44. The van der Waals surface area contributed by atoms with E-state index in [4.69, 9.17) is 0 Å². The van der Waals surface area contributed by atoms with E-state index in [1.54, 1.807) is 0 Å². The van der Waals surface area contributed by atoms with Crippen molar-refractivity contribution in [3.8, 4) is 0 Å². The molecule has 8 nitrogen and oxygen atoms in total. The van der Waals surface area contributed by atoms with Gasteiger partial charge in [0.05, 0.1) is 11.8 Å². The van der Waals surface area contributed by atoms with Crippen LogP contribution in [0.3, 0.4) is 0 Å². The first-order chi connectivity index (χ1) is 11.6. The normalized spacial score (nSPS) is 12.2. The van der Waals surface area contributed by atoms with Crippen LogP contribution in [-0.2, 0) is 6.42 Å². The number of aromatic nitrogens is 4. The fourth-order valence-electron chi connectivity index (χ4n) is 2.24. The second-order valence-electron chi connectivity index (χ2n) is 5.56. The number of hydrogen-bond acceptors (Lipinski definition) is 8. The number of aliphatic hydroxyl groups excluding tert-OH is 1. The molecule has 24 heavy (non-hydrogen) atoms. The summed E-state index contributed by atoms with van der Waals surface area (Å²) in [5.41, 5.74) is 2.28. The highest BCUT2D eigenvalue weighted by atomic mass is 16.3. The van der Waals surface area contributed by atoms with Crippen molar-refractivity contribution in [2.24, 2.45) is 0 Å². The quantitative estimate of drug-likeness (QED) is 0.552. The lowest BCUT2D eigenvalue weighted by Gasteiger charge is -2.14. The van der Waals surface area contributed by atoms with Crippen LogP contribution in [0.5, 0.6) is 0 Å². The number of aliphatic hydroxyl groups is 1. The Kier molecular flexibility index (Phi) is 6.48. The molecule has 2 aromatic heterocycles. The Bertz CT molecular complexity index is 677. The molecule has 2 aromatic rings. The SMILES string of the molecule is CCCNc1nc(NC)c2nc(NCC(O)CC)nc(CC)c2n1. The van der Waals surface area contributed by atoms with Crippen molar-refractivity contribution in [1.29, 1.82) is 0 Å². The predicted octanol–water partition coefficient (Wildman–Crippen LogP) is 2.03. The molecule has 0 bridgehead atoms. The zero-order valence-electron chi connectivity index (χ0n) is 14.8. The van der Waals surface area contributed by atoms with Crippen LogP contribution in [0.1, 0.15) is 39.3 Å². The van der Waals surface area contributed by atoms with Gasteiger partial charge in [0.25, 0.3) is 0 Å². The minimum absolute atomic E-state index is 0.414. The molecule has 4 N–H and O–H groups in total. The molecule has 0 aliphatic carbocycles. The third kappa shape index (κ3) is 4.19. The molecule has 2 heterocycles. The summed E-state index contributed by atoms with van der Waals surface area (Å²) < 4.78 is 0. The second kappa shape index (κ2) is 8.58. The summed E-state index contributed by atoms with van der Waals surface area (Å²) in [6.07, 6.45) is 1.99. The highest BCUT2D eigenvalue weighted by Crippen LogP contribution is 2.24. The van der Waals surface area contributed by atoms with E-state index in [2.05, 4.69) is 42.8 Å². The molecule has 0 radical (unpaired) electrons. The zero-order chi connectivity index (χ0) is 17.5. The number of nitrogens with zero attached hydrogens (tertiary/aromatic N) is 4. The third-order valence-corrected chi connectivity index (χ3v) is 3.69. The molecular formula is C16H27N7O. The molecule has 0 spiro atoms. The van der Waals surface area contributed by atoms with Gasteiger partial charge in [0.2, 0.25) is 11.9 Å².